The van der Waals surface area contributed by atoms with E-state index < -0.39 is 22.6 Å². The van der Waals surface area contributed by atoms with Crippen molar-refractivity contribution < 1.29 is 17.6 Å². The average molecular weight is 387 g/mol. The lowest BCUT2D eigenvalue weighted by Gasteiger charge is -2.43. The van der Waals surface area contributed by atoms with Crippen LogP contribution in [0.5, 0.6) is 0 Å². The first-order valence-electron chi connectivity index (χ1n) is 7.89. The van der Waals surface area contributed by atoms with Crippen LogP contribution < -0.4 is 5.32 Å². The molecule has 1 heterocycles. The monoisotopic (exact) mass is 386 g/mol. The molecule has 0 radical (unpaired) electrons. The molecule has 0 unspecified atom stereocenters. The summed E-state index contributed by atoms with van der Waals surface area (Å²) in [5.74, 6) is -0.516. The zero-order chi connectivity index (χ0) is 16.6. The molecule has 1 aliphatic carbocycles. The van der Waals surface area contributed by atoms with Crippen molar-refractivity contribution in [3.05, 3.63) is 34.1 Å². The fourth-order valence-corrected chi connectivity index (χ4v) is 3.68. The van der Waals surface area contributed by atoms with E-state index in [0.29, 0.717) is 19.2 Å². The van der Waals surface area contributed by atoms with Crippen LogP contribution in [0.15, 0.2) is 12.1 Å². The maximum absolute atomic E-state index is 14.6. The van der Waals surface area contributed by atoms with Gasteiger partial charge in [-0.25, -0.2) is 4.39 Å². The number of rotatable bonds is 3. The molecule has 1 saturated heterocycles. The lowest BCUT2D eigenvalue weighted by Crippen LogP contribution is -2.48. The van der Waals surface area contributed by atoms with Crippen LogP contribution in [-0.4, -0.2) is 31.1 Å². The largest absolute Gasteiger partial charge is 0.416 e. The summed E-state index contributed by atoms with van der Waals surface area (Å²) in [4.78, 5) is 2.09. The van der Waals surface area contributed by atoms with Gasteiger partial charge in [0, 0.05) is 37.8 Å². The van der Waals surface area contributed by atoms with Gasteiger partial charge in [-0.2, -0.15) is 13.2 Å². The van der Waals surface area contributed by atoms with Crippen LogP contribution in [0, 0.1) is 11.7 Å². The first kappa shape index (κ1) is 19.8. The summed E-state index contributed by atoms with van der Waals surface area (Å²) in [5, 5.41) is 2.77. The molecule has 1 aliphatic heterocycles. The molecule has 2 fully saturated rings. The van der Waals surface area contributed by atoms with Crippen LogP contribution in [-0.2, 0) is 6.18 Å². The second-order valence-corrected chi connectivity index (χ2v) is 6.69. The van der Waals surface area contributed by atoms with E-state index in [4.69, 9.17) is 11.6 Å². The van der Waals surface area contributed by atoms with Gasteiger partial charge in [0.15, 0.2) is 0 Å². The number of hydrogen-bond donors (Lipinski definition) is 1. The first-order valence-corrected chi connectivity index (χ1v) is 8.26. The molecule has 1 saturated carbocycles. The number of alkyl halides is 3. The second-order valence-electron chi connectivity index (χ2n) is 6.28. The number of nitrogens with zero attached hydrogens (tertiary/aromatic N) is 1. The Kier molecular flexibility index (Phi) is 6.40. The van der Waals surface area contributed by atoms with Gasteiger partial charge in [0.1, 0.15) is 5.82 Å². The Morgan fingerprint density at radius 3 is 2.29 bits per heavy atom. The lowest BCUT2D eigenvalue weighted by molar-refractivity contribution is -0.137. The topological polar surface area (TPSA) is 15.3 Å². The van der Waals surface area contributed by atoms with Crippen molar-refractivity contribution in [2.45, 2.75) is 31.5 Å². The molecular formula is C16H20Cl2F4N2. The van der Waals surface area contributed by atoms with E-state index in [-0.39, 0.29) is 29.9 Å². The molecule has 8 heteroatoms. The molecule has 24 heavy (non-hydrogen) atoms. The highest BCUT2D eigenvalue weighted by atomic mass is 35.5. The van der Waals surface area contributed by atoms with E-state index in [1.54, 1.807) is 0 Å². The van der Waals surface area contributed by atoms with Gasteiger partial charge in [-0.05, 0) is 30.9 Å². The van der Waals surface area contributed by atoms with E-state index in [1.807, 2.05) is 0 Å². The Balaban J connectivity index is 0.00000208. The Hall–Kier alpha value is -0.560. The molecule has 136 valence electrons. The molecule has 0 spiro atoms. The van der Waals surface area contributed by atoms with Gasteiger partial charge in [0.05, 0.1) is 10.6 Å². The summed E-state index contributed by atoms with van der Waals surface area (Å²) in [6.07, 6.45) is -1.65. The Bertz CT molecular complexity index is 570. The summed E-state index contributed by atoms with van der Waals surface area (Å²) < 4.78 is 53.8. The van der Waals surface area contributed by atoms with Crippen molar-refractivity contribution >= 4 is 24.0 Å². The number of hydrogen-bond acceptors (Lipinski definition) is 2. The Morgan fingerprint density at radius 1 is 1.17 bits per heavy atom. The summed E-state index contributed by atoms with van der Waals surface area (Å²) in [6.45, 7) is 2.93. The summed E-state index contributed by atoms with van der Waals surface area (Å²) in [7, 11) is 0. The van der Waals surface area contributed by atoms with Crippen molar-refractivity contribution in [2.24, 2.45) is 5.92 Å². The van der Waals surface area contributed by atoms with Crippen LogP contribution in [0.4, 0.5) is 17.6 Å². The first-order chi connectivity index (χ1) is 10.9. The number of benzene rings is 1. The number of nitrogens with one attached hydrogen (secondary N) is 1. The smallest absolute Gasteiger partial charge is 0.314 e. The molecular weight excluding hydrogens is 367 g/mol. The Morgan fingerprint density at radius 2 is 1.79 bits per heavy atom. The van der Waals surface area contributed by atoms with Crippen LogP contribution in [0.2, 0.25) is 5.02 Å². The quantitative estimate of drug-likeness (QED) is 0.759. The predicted octanol–water partition coefficient (Wildman–Crippen LogP) is 4.67. The average Bonchev–Trinajstić information content (AvgIpc) is 2.45. The minimum absolute atomic E-state index is 0. The minimum atomic E-state index is -4.53. The molecule has 1 N–H and O–H groups in total. The van der Waals surface area contributed by atoms with Gasteiger partial charge in [-0.3, -0.25) is 4.90 Å². The van der Waals surface area contributed by atoms with Crippen LogP contribution in [0.3, 0.4) is 0 Å². The maximum Gasteiger partial charge on any atom is 0.416 e. The molecule has 1 aromatic rings. The lowest BCUT2D eigenvalue weighted by atomic mass is 9.76. The zero-order valence-corrected chi connectivity index (χ0v) is 14.6. The van der Waals surface area contributed by atoms with Crippen molar-refractivity contribution in [3.8, 4) is 0 Å². The fraction of sp³-hybridized carbons (Fsp3) is 0.625. The fourth-order valence-electron chi connectivity index (χ4n) is 3.45. The van der Waals surface area contributed by atoms with Crippen LogP contribution in [0.1, 0.15) is 36.4 Å². The van der Waals surface area contributed by atoms with E-state index >= 15 is 0 Å². The van der Waals surface area contributed by atoms with Crippen molar-refractivity contribution in [3.63, 3.8) is 0 Å². The van der Waals surface area contributed by atoms with E-state index in [9.17, 15) is 17.6 Å². The van der Waals surface area contributed by atoms with Crippen LogP contribution in [0.25, 0.3) is 0 Å². The summed E-state index contributed by atoms with van der Waals surface area (Å²) in [6, 6.07) is 1.30. The van der Waals surface area contributed by atoms with Gasteiger partial charge in [-0.1, -0.05) is 18.0 Å². The van der Waals surface area contributed by atoms with Crippen molar-refractivity contribution in [1.82, 2.24) is 10.2 Å². The van der Waals surface area contributed by atoms with Gasteiger partial charge < -0.3 is 5.32 Å². The molecule has 3 rings (SSSR count). The highest BCUT2D eigenvalue weighted by Crippen LogP contribution is 2.44. The van der Waals surface area contributed by atoms with Crippen molar-refractivity contribution in [1.29, 1.82) is 0 Å². The van der Waals surface area contributed by atoms with Gasteiger partial charge >= 0.3 is 6.18 Å². The highest BCUT2D eigenvalue weighted by Gasteiger charge is 2.38. The predicted molar refractivity (Wildman–Crippen MR) is 88.2 cm³/mol. The molecule has 0 amide bonds. The van der Waals surface area contributed by atoms with E-state index in [1.165, 1.54) is 0 Å². The minimum Gasteiger partial charge on any atom is -0.314 e. The van der Waals surface area contributed by atoms with Crippen molar-refractivity contribution in [2.75, 3.05) is 26.2 Å². The van der Waals surface area contributed by atoms with Gasteiger partial charge in [-0.15, -0.1) is 12.4 Å². The van der Waals surface area contributed by atoms with E-state index in [2.05, 4.69) is 10.2 Å². The molecule has 2 nitrogen and oxygen atoms in total. The molecule has 1 atom stereocenters. The molecule has 0 aromatic heterocycles. The standard InChI is InChI=1S/C16H19ClF4N2.ClH/c17-13-9-11(16(19,20)21)8-12(14(13)18)15(10-2-1-3-10)23-6-4-22-5-7-23;/h8-10,15,22H,1-7H2;1H/t15-;/m1./s1. The third-order valence-corrected chi connectivity index (χ3v) is 5.12. The third-order valence-electron chi connectivity index (χ3n) is 4.84. The van der Waals surface area contributed by atoms with E-state index in [0.717, 1.165) is 38.4 Å². The SMILES string of the molecule is Cl.Fc1c(Cl)cc(C(F)(F)F)cc1[C@@H](C1CCC1)N1CCNCC1. The Labute approximate surface area is 149 Å². The number of halogens is 6. The molecule has 2 aliphatic rings. The zero-order valence-electron chi connectivity index (χ0n) is 13.0. The third kappa shape index (κ3) is 3.98. The summed E-state index contributed by atoms with van der Waals surface area (Å²) in [5.41, 5.74) is -0.783. The number of piperazine rings is 1. The highest BCUT2D eigenvalue weighted by molar-refractivity contribution is 6.30. The van der Waals surface area contributed by atoms with Crippen LogP contribution >= 0.6 is 24.0 Å². The normalized spacial score (nSPS) is 21.0. The second kappa shape index (κ2) is 7.77. The molecule has 0 bridgehead atoms. The van der Waals surface area contributed by atoms with Gasteiger partial charge in [0.25, 0.3) is 0 Å². The molecule has 1 aromatic carbocycles. The summed E-state index contributed by atoms with van der Waals surface area (Å²) >= 11 is 5.77. The van der Waals surface area contributed by atoms with Gasteiger partial charge in [0.2, 0.25) is 0 Å². The maximum atomic E-state index is 14.6.